The lowest BCUT2D eigenvalue weighted by atomic mass is 10.1. The van der Waals surface area contributed by atoms with Gasteiger partial charge in [0.15, 0.2) is 6.61 Å². The second kappa shape index (κ2) is 11.5. The van der Waals surface area contributed by atoms with Gasteiger partial charge in [-0.25, -0.2) is 13.1 Å². The molecular weight excluding hydrogens is 463 g/mol. The first kappa shape index (κ1) is 25.1. The number of carbonyl (C=O) groups is 2. The van der Waals surface area contributed by atoms with E-state index in [1.807, 2.05) is 31.2 Å². The van der Waals surface area contributed by atoms with Gasteiger partial charge in [-0.3, -0.25) is 9.59 Å². The van der Waals surface area contributed by atoms with Crippen molar-refractivity contribution in [2.45, 2.75) is 37.6 Å². The number of benzene rings is 2. The van der Waals surface area contributed by atoms with Crippen LogP contribution in [0.4, 0.5) is 0 Å². The van der Waals surface area contributed by atoms with Crippen molar-refractivity contribution in [3.63, 3.8) is 0 Å². The highest BCUT2D eigenvalue weighted by molar-refractivity contribution is 7.89. The summed E-state index contributed by atoms with van der Waals surface area (Å²) >= 11 is 11.8. The van der Waals surface area contributed by atoms with Gasteiger partial charge in [-0.05, 0) is 36.6 Å². The van der Waals surface area contributed by atoms with Gasteiger partial charge in [0, 0.05) is 6.54 Å². The predicted molar refractivity (Wildman–Crippen MR) is 120 cm³/mol. The van der Waals surface area contributed by atoms with Crippen molar-refractivity contribution in [3.8, 4) is 0 Å². The van der Waals surface area contributed by atoms with Crippen LogP contribution < -0.4 is 10.0 Å². The lowest BCUT2D eigenvalue weighted by Crippen LogP contribution is -2.32. The molecule has 1 atom stereocenters. The zero-order chi connectivity index (χ0) is 23.0. The summed E-state index contributed by atoms with van der Waals surface area (Å²) in [5.74, 6) is -1.17. The van der Waals surface area contributed by atoms with E-state index in [2.05, 4.69) is 17.0 Å². The van der Waals surface area contributed by atoms with Gasteiger partial charge in [0.05, 0.1) is 22.5 Å². The molecule has 7 nitrogen and oxygen atoms in total. The topological polar surface area (TPSA) is 102 Å². The zero-order valence-corrected chi connectivity index (χ0v) is 19.5. The van der Waals surface area contributed by atoms with Crippen LogP contribution in [0.3, 0.4) is 0 Å². The number of ether oxygens (including phenoxy) is 1. The average Bonchev–Trinajstić information content (AvgIpc) is 2.72. The highest BCUT2D eigenvalue weighted by atomic mass is 35.5. The van der Waals surface area contributed by atoms with Gasteiger partial charge in [0.1, 0.15) is 4.90 Å². The molecular formula is C21H24Cl2N2O5S. The van der Waals surface area contributed by atoms with Crippen molar-refractivity contribution in [1.82, 2.24) is 10.0 Å². The molecule has 0 fully saturated rings. The third-order valence-corrected chi connectivity index (χ3v) is 6.85. The molecule has 0 aliphatic rings. The van der Waals surface area contributed by atoms with E-state index in [1.165, 1.54) is 23.8 Å². The number of nitrogens with one attached hydrogen (secondary N) is 2. The molecule has 0 radical (unpaired) electrons. The average molecular weight is 487 g/mol. The predicted octanol–water partition coefficient (Wildman–Crippen LogP) is 3.64. The number of hydrogen-bond acceptors (Lipinski definition) is 5. The van der Waals surface area contributed by atoms with Crippen LogP contribution in [0.25, 0.3) is 0 Å². The second-order valence-corrected chi connectivity index (χ2v) is 9.26. The van der Waals surface area contributed by atoms with Crippen LogP contribution in [-0.2, 0) is 30.8 Å². The molecule has 0 aliphatic heterocycles. The Morgan fingerprint density at radius 3 is 2.26 bits per heavy atom. The molecule has 10 heteroatoms. The molecule has 0 saturated carbocycles. The van der Waals surface area contributed by atoms with Crippen LogP contribution in [-0.4, -0.2) is 33.4 Å². The van der Waals surface area contributed by atoms with Crippen molar-refractivity contribution >= 4 is 45.1 Å². The molecule has 0 bridgehead atoms. The molecule has 0 heterocycles. The maximum atomic E-state index is 12.3. The molecule has 0 saturated heterocycles. The number of hydrogen-bond donors (Lipinski definition) is 2. The highest BCUT2D eigenvalue weighted by Crippen LogP contribution is 2.28. The molecule has 1 amide bonds. The summed E-state index contributed by atoms with van der Waals surface area (Å²) in [6, 6.07) is 11.9. The van der Waals surface area contributed by atoms with Crippen LogP contribution in [0.1, 0.15) is 37.4 Å². The van der Waals surface area contributed by atoms with Crippen LogP contribution in [0.2, 0.25) is 10.0 Å². The number of aryl methyl sites for hydroxylation is 1. The summed E-state index contributed by atoms with van der Waals surface area (Å²) in [6.45, 7) is 3.20. The molecule has 168 valence electrons. The minimum atomic E-state index is -4.00. The molecule has 31 heavy (non-hydrogen) atoms. The SMILES string of the molecule is CCc1ccc(C(C)NC(=O)COC(=O)CCNS(=O)(=O)c2c(Cl)cccc2Cl)cc1. The van der Waals surface area contributed by atoms with Gasteiger partial charge in [-0.1, -0.05) is 60.5 Å². The van der Waals surface area contributed by atoms with E-state index in [9.17, 15) is 18.0 Å². The fraction of sp³-hybridized carbons (Fsp3) is 0.333. The van der Waals surface area contributed by atoms with E-state index < -0.39 is 28.5 Å². The quantitative estimate of drug-likeness (QED) is 0.499. The van der Waals surface area contributed by atoms with Gasteiger partial charge < -0.3 is 10.1 Å². The smallest absolute Gasteiger partial charge is 0.307 e. The Kier molecular flexibility index (Phi) is 9.31. The number of amides is 1. The van der Waals surface area contributed by atoms with Crippen LogP contribution >= 0.6 is 23.2 Å². The van der Waals surface area contributed by atoms with Gasteiger partial charge in [0.25, 0.3) is 5.91 Å². The number of sulfonamides is 1. The fourth-order valence-corrected chi connectivity index (χ4v) is 4.90. The number of carbonyl (C=O) groups excluding carboxylic acids is 2. The minimum absolute atomic E-state index is 0.0299. The Bertz CT molecular complexity index is 1010. The Balaban J connectivity index is 1.76. The van der Waals surface area contributed by atoms with E-state index >= 15 is 0 Å². The summed E-state index contributed by atoms with van der Waals surface area (Å²) in [6.07, 6.45) is 0.668. The maximum Gasteiger partial charge on any atom is 0.307 e. The van der Waals surface area contributed by atoms with Crippen molar-refractivity contribution in [1.29, 1.82) is 0 Å². The van der Waals surface area contributed by atoms with Gasteiger partial charge in [-0.15, -0.1) is 0 Å². The van der Waals surface area contributed by atoms with E-state index in [1.54, 1.807) is 0 Å². The van der Waals surface area contributed by atoms with Gasteiger partial charge >= 0.3 is 5.97 Å². The standard InChI is InChI=1S/C21H24Cl2N2O5S/c1-3-15-7-9-16(10-8-15)14(2)25-19(26)13-30-20(27)11-12-24-31(28,29)21-17(22)5-4-6-18(21)23/h4-10,14,24H,3,11-13H2,1-2H3,(H,25,26). The van der Waals surface area contributed by atoms with Crippen molar-refractivity contribution in [3.05, 3.63) is 63.6 Å². The first-order valence-electron chi connectivity index (χ1n) is 9.61. The number of esters is 1. The molecule has 2 aromatic carbocycles. The second-order valence-electron chi connectivity index (χ2n) is 6.74. The first-order valence-corrected chi connectivity index (χ1v) is 11.9. The Morgan fingerprint density at radius 2 is 1.68 bits per heavy atom. The lowest BCUT2D eigenvalue weighted by molar-refractivity contribution is -0.148. The maximum absolute atomic E-state index is 12.3. The Labute approximate surface area is 192 Å². The van der Waals surface area contributed by atoms with Crippen molar-refractivity contribution in [2.75, 3.05) is 13.2 Å². The van der Waals surface area contributed by atoms with Gasteiger partial charge in [-0.2, -0.15) is 0 Å². The van der Waals surface area contributed by atoms with Gasteiger partial charge in [0.2, 0.25) is 10.0 Å². The third kappa shape index (κ3) is 7.50. The van der Waals surface area contributed by atoms with E-state index in [0.29, 0.717) is 0 Å². The third-order valence-electron chi connectivity index (χ3n) is 4.44. The minimum Gasteiger partial charge on any atom is -0.456 e. The molecule has 0 aliphatic carbocycles. The molecule has 2 N–H and O–H groups in total. The highest BCUT2D eigenvalue weighted by Gasteiger charge is 2.21. The Morgan fingerprint density at radius 1 is 1.06 bits per heavy atom. The monoisotopic (exact) mass is 486 g/mol. The van der Waals surface area contributed by atoms with Crippen LogP contribution in [0, 0.1) is 0 Å². The normalized spacial score (nSPS) is 12.3. The molecule has 0 aromatic heterocycles. The number of rotatable bonds is 10. The van der Waals surface area contributed by atoms with Crippen LogP contribution in [0.15, 0.2) is 47.4 Å². The fourth-order valence-electron chi connectivity index (χ4n) is 2.73. The van der Waals surface area contributed by atoms with Crippen molar-refractivity contribution < 1.29 is 22.7 Å². The largest absolute Gasteiger partial charge is 0.456 e. The summed E-state index contributed by atoms with van der Waals surface area (Å²) in [7, 11) is -4.00. The summed E-state index contributed by atoms with van der Waals surface area (Å²) < 4.78 is 31.8. The van der Waals surface area contributed by atoms with E-state index in [4.69, 9.17) is 27.9 Å². The van der Waals surface area contributed by atoms with Crippen molar-refractivity contribution in [2.24, 2.45) is 0 Å². The zero-order valence-electron chi connectivity index (χ0n) is 17.2. The summed E-state index contributed by atoms with van der Waals surface area (Å²) in [5, 5.41) is 2.69. The van der Waals surface area contributed by atoms with E-state index in [0.717, 1.165) is 12.0 Å². The lowest BCUT2D eigenvalue weighted by Gasteiger charge is -2.15. The van der Waals surface area contributed by atoms with E-state index in [-0.39, 0.29) is 33.9 Å². The molecule has 0 spiro atoms. The Hall–Kier alpha value is -2.13. The summed E-state index contributed by atoms with van der Waals surface area (Å²) in [4.78, 5) is 23.6. The molecule has 2 aromatic rings. The number of halogens is 2. The molecule has 1 unspecified atom stereocenters. The summed E-state index contributed by atoms with van der Waals surface area (Å²) in [5.41, 5.74) is 2.13. The molecule has 2 rings (SSSR count). The first-order chi connectivity index (χ1) is 14.6. The van der Waals surface area contributed by atoms with Crippen LogP contribution in [0.5, 0.6) is 0 Å².